The number of hydrogen-bond acceptors (Lipinski definition) is 4. The molecule has 1 saturated carbocycles. The second-order valence-corrected chi connectivity index (χ2v) is 7.39. The quantitative estimate of drug-likeness (QED) is 0.718. The first-order chi connectivity index (χ1) is 11.7. The van der Waals surface area contributed by atoms with Gasteiger partial charge in [0, 0.05) is 10.9 Å². The minimum Gasteiger partial charge on any atom is -0.462 e. The summed E-state index contributed by atoms with van der Waals surface area (Å²) in [5, 5.41) is 2.48. The van der Waals surface area contributed by atoms with Gasteiger partial charge in [0.1, 0.15) is 10.6 Å². The smallest absolute Gasteiger partial charge is 0.341 e. The fourth-order valence-corrected chi connectivity index (χ4v) is 4.24. The molecule has 128 valence electrons. The van der Waals surface area contributed by atoms with E-state index in [-0.39, 0.29) is 5.97 Å². The predicted molar refractivity (Wildman–Crippen MR) is 101 cm³/mol. The van der Waals surface area contributed by atoms with Gasteiger partial charge in [-0.25, -0.2) is 4.79 Å². The highest BCUT2D eigenvalue weighted by atomic mass is 32.1. The molecule has 0 atom stereocenters. The summed E-state index contributed by atoms with van der Waals surface area (Å²) >= 11 is 1.40. The molecule has 0 unspecified atom stereocenters. The largest absolute Gasteiger partial charge is 0.462 e. The number of nitrogen functional groups attached to an aromatic ring is 1. The molecule has 1 aliphatic carbocycles. The summed E-state index contributed by atoms with van der Waals surface area (Å²) < 4.78 is 5.29. The maximum atomic E-state index is 12.3. The van der Waals surface area contributed by atoms with Gasteiger partial charge in [-0.2, -0.15) is 0 Å². The molecule has 3 nitrogen and oxygen atoms in total. The van der Waals surface area contributed by atoms with Crippen molar-refractivity contribution in [3.05, 3.63) is 40.8 Å². The number of rotatable bonds is 5. The van der Waals surface area contributed by atoms with Gasteiger partial charge < -0.3 is 10.5 Å². The van der Waals surface area contributed by atoms with Crippen LogP contribution in [0.5, 0.6) is 0 Å². The third-order valence-corrected chi connectivity index (χ3v) is 5.57. The number of benzene rings is 1. The van der Waals surface area contributed by atoms with E-state index in [1.165, 1.54) is 49.0 Å². The summed E-state index contributed by atoms with van der Waals surface area (Å²) in [6.07, 6.45) is 7.42. The van der Waals surface area contributed by atoms with Gasteiger partial charge in [0.05, 0.1) is 6.61 Å². The summed E-state index contributed by atoms with van der Waals surface area (Å²) in [6, 6.07) is 8.64. The van der Waals surface area contributed by atoms with Crippen LogP contribution in [-0.4, -0.2) is 12.6 Å². The van der Waals surface area contributed by atoms with E-state index in [0.717, 1.165) is 17.5 Å². The lowest BCUT2D eigenvalue weighted by Crippen LogP contribution is -2.08. The Hall–Kier alpha value is -1.81. The average Bonchev–Trinajstić information content (AvgIpc) is 3.02. The van der Waals surface area contributed by atoms with Crippen LogP contribution in [0.15, 0.2) is 29.6 Å². The molecule has 1 heterocycles. The first-order valence-corrected chi connectivity index (χ1v) is 9.73. The molecule has 0 bridgehead atoms. The Morgan fingerprint density at radius 2 is 1.92 bits per heavy atom. The molecule has 2 aromatic rings. The van der Waals surface area contributed by atoms with Crippen molar-refractivity contribution < 1.29 is 9.53 Å². The van der Waals surface area contributed by atoms with Crippen molar-refractivity contribution in [2.24, 2.45) is 0 Å². The minimum atomic E-state index is -0.318. The summed E-state index contributed by atoms with van der Waals surface area (Å²) in [7, 11) is 0. The van der Waals surface area contributed by atoms with E-state index in [9.17, 15) is 4.79 Å². The highest BCUT2D eigenvalue weighted by Crippen LogP contribution is 2.37. The lowest BCUT2D eigenvalue weighted by molar-refractivity contribution is 0.0508. The molecule has 3 rings (SSSR count). The van der Waals surface area contributed by atoms with Crippen LogP contribution < -0.4 is 5.73 Å². The van der Waals surface area contributed by atoms with Gasteiger partial charge in [-0.1, -0.05) is 50.5 Å². The molecule has 2 N–H and O–H groups in total. The number of thiophene rings is 1. The van der Waals surface area contributed by atoms with E-state index < -0.39 is 0 Å². The molecular formula is C20H25NO2S. The number of nitrogens with two attached hydrogens (primary N) is 1. The summed E-state index contributed by atoms with van der Waals surface area (Å²) in [4.78, 5) is 12.3. The van der Waals surface area contributed by atoms with Crippen LogP contribution in [-0.2, 0) is 4.74 Å². The summed E-state index contributed by atoms with van der Waals surface area (Å²) in [6.45, 7) is 2.41. The van der Waals surface area contributed by atoms with E-state index in [4.69, 9.17) is 10.5 Å². The van der Waals surface area contributed by atoms with Crippen LogP contribution in [0.1, 0.15) is 67.3 Å². The van der Waals surface area contributed by atoms with Crippen molar-refractivity contribution in [2.75, 3.05) is 12.3 Å². The van der Waals surface area contributed by atoms with Crippen LogP contribution in [0.4, 0.5) is 5.00 Å². The van der Waals surface area contributed by atoms with E-state index >= 15 is 0 Å². The first-order valence-electron chi connectivity index (χ1n) is 8.85. The lowest BCUT2D eigenvalue weighted by Gasteiger charge is -2.22. The zero-order valence-corrected chi connectivity index (χ0v) is 15.0. The van der Waals surface area contributed by atoms with Gasteiger partial charge in [-0.3, -0.25) is 0 Å². The number of hydrogen-bond donors (Lipinski definition) is 1. The van der Waals surface area contributed by atoms with Gasteiger partial charge >= 0.3 is 5.97 Å². The van der Waals surface area contributed by atoms with E-state index in [1.54, 1.807) is 0 Å². The van der Waals surface area contributed by atoms with Crippen LogP contribution in [0.3, 0.4) is 0 Å². The van der Waals surface area contributed by atoms with Gasteiger partial charge in [-0.05, 0) is 36.3 Å². The fraction of sp³-hybridized carbons (Fsp3) is 0.450. The third-order valence-electron chi connectivity index (χ3n) is 4.76. The molecule has 4 heteroatoms. The molecule has 24 heavy (non-hydrogen) atoms. The molecule has 1 aromatic heterocycles. The maximum absolute atomic E-state index is 12.3. The summed E-state index contributed by atoms with van der Waals surface area (Å²) in [5.74, 6) is 0.372. The molecule has 0 amide bonds. The zero-order chi connectivity index (χ0) is 16.9. The van der Waals surface area contributed by atoms with Crippen molar-refractivity contribution in [3.8, 4) is 11.1 Å². The Morgan fingerprint density at radius 1 is 1.21 bits per heavy atom. The van der Waals surface area contributed by atoms with Gasteiger partial charge in [0.25, 0.3) is 0 Å². The Balaban J connectivity index is 1.83. The monoisotopic (exact) mass is 343 g/mol. The lowest BCUT2D eigenvalue weighted by atomic mass is 9.83. The molecule has 1 fully saturated rings. The maximum Gasteiger partial charge on any atom is 0.341 e. The number of anilines is 1. The van der Waals surface area contributed by atoms with Crippen molar-refractivity contribution >= 4 is 22.3 Å². The molecule has 0 radical (unpaired) electrons. The molecule has 0 aliphatic heterocycles. The van der Waals surface area contributed by atoms with Crippen LogP contribution in [0, 0.1) is 0 Å². The number of ether oxygens (including phenoxy) is 1. The fourth-order valence-electron chi connectivity index (χ4n) is 3.43. The van der Waals surface area contributed by atoms with Crippen molar-refractivity contribution in [1.82, 2.24) is 0 Å². The zero-order valence-electron chi connectivity index (χ0n) is 14.2. The average molecular weight is 343 g/mol. The normalized spacial score (nSPS) is 15.4. The van der Waals surface area contributed by atoms with Crippen LogP contribution in [0.2, 0.25) is 0 Å². The number of carbonyl (C=O) groups is 1. The highest BCUT2D eigenvalue weighted by Gasteiger charge is 2.21. The molecule has 0 saturated heterocycles. The van der Waals surface area contributed by atoms with Crippen molar-refractivity contribution in [3.63, 3.8) is 0 Å². The van der Waals surface area contributed by atoms with E-state index in [1.807, 2.05) is 12.3 Å². The Bertz CT molecular complexity index is 684. The summed E-state index contributed by atoms with van der Waals surface area (Å²) in [5.41, 5.74) is 9.86. The Morgan fingerprint density at radius 3 is 2.58 bits per heavy atom. The SMILES string of the molecule is CCCOC(=O)c1c(-c2ccc(C3CCCCC3)cc2)csc1N. The van der Waals surface area contributed by atoms with E-state index in [2.05, 4.69) is 24.3 Å². The standard InChI is InChI=1S/C20H25NO2S/c1-2-12-23-20(22)18-17(13-24-19(18)21)16-10-8-15(9-11-16)14-6-4-3-5-7-14/h8-11,13-14H,2-7,12,21H2,1H3. The third kappa shape index (κ3) is 3.64. The van der Waals surface area contributed by atoms with E-state index in [0.29, 0.717) is 23.1 Å². The van der Waals surface area contributed by atoms with Gasteiger partial charge in [0.15, 0.2) is 0 Å². The molecule has 0 spiro atoms. The Labute approximate surface area is 147 Å². The van der Waals surface area contributed by atoms with Crippen molar-refractivity contribution in [2.45, 2.75) is 51.4 Å². The topological polar surface area (TPSA) is 52.3 Å². The number of carbonyl (C=O) groups excluding carboxylic acids is 1. The minimum absolute atomic E-state index is 0.318. The number of esters is 1. The first kappa shape index (κ1) is 17.0. The second-order valence-electron chi connectivity index (χ2n) is 6.48. The van der Waals surface area contributed by atoms with Gasteiger partial charge in [-0.15, -0.1) is 11.3 Å². The Kier molecular flexibility index (Phi) is 5.56. The highest BCUT2D eigenvalue weighted by molar-refractivity contribution is 7.14. The molecular weight excluding hydrogens is 318 g/mol. The molecule has 1 aliphatic rings. The van der Waals surface area contributed by atoms with Gasteiger partial charge in [0.2, 0.25) is 0 Å². The molecule has 1 aromatic carbocycles. The predicted octanol–water partition coefficient (Wildman–Crippen LogP) is 5.61. The van der Waals surface area contributed by atoms with Crippen LogP contribution in [0.25, 0.3) is 11.1 Å². The van der Waals surface area contributed by atoms with Crippen LogP contribution >= 0.6 is 11.3 Å². The second kappa shape index (κ2) is 7.84. The van der Waals surface area contributed by atoms with Crippen molar-refractivity contribution in [1.29, 1.82) is 0 Å².